The van der Waals surface area contributed by atoms with Gasteiger partial charge in [-0.15, -0.1) is 11.3 Å². The van der Waals surface area contributed by atoms with Crippen LogP contribution in [0.1, 0.15) is 11.3 Å². The van der Waals surface area contributed by atoms with Crippen molar-refractivity contribution in [3.63, 3.8) is 0 Å². The highest BCUT2D eigenvalue weighted by molar-refractivity contribution is 7.98. The van der Waals surface area contributed by atoms with Gasteiger partial charge in [0.05, 0.1) is 5.39 Å². The van der Waals surface area contributed by atoms with E-state index in [2.05, 4.69) is 15.3 Å². The molecule has 1 atom stereocenters. The third-order valence-corrected chi connectivity index (χ3v) is 4.27. The fourth-order valence-electron chi connectivity index (χ4n) is 1.75. The van der Waals surface area contributed by atoms with Gasteiger partial charge in [0.15, 0.2) is 0 Å². The van der Waals surface area contributed by atoms with Crippen molar-refractivity contribution in [1.29, 1.82) is 0 Å². The van der Waals surface area contributed by atoms with Gasteiger partial charge in [-0.1, -0.05) is 0 Å². The standard InChI is InChI=1S/C12H15N3O2S2/c1-7-5-8-10(13-6-14-11(8)19-7)15-9(12(16)17)3-4-18-2/h5-6,9H,3-4H2,1-2H3,(H,16,17)(H,13,14,15). The summed E-state index contributed by atoms with van der Waals surface area (Å²) in [5.41, 5.74) is 0. The van der Waals surface area contributed by atoms with Crippen molar-refractivity contribution in [3.8, 4) is 0 Å². The molecule has 0 fully saturated rings. The number of anilines is 1. The van der Waals surface area contributed by atoms with Crippen molar-refractivity contribution in [1.82, 2.24) is 9.97 Å². The molecule has 1 unspecified atom stereocenters. The SMILES string of the molecule is CSCCC(Nc1ncnc2sc(C)cc12)C(=O)O. The number of nitrogens with zero attached hydrogens (tertiary/aromatic N) is 2. The summed E-state index contributed by atoms with van der Waals surface area (Å²) in [7, 11) is 0. The summed E-state index contributed by atoms with van der Waals surface area (Å²) in [5.74, 6) is 0.538. The van der Waals surface area contributed by atoms with Gasteiger partial charge in [-0.2, -0.15) is 11.8 Å². The number of carbonyl (C=O) groups is 1. The summed E-state index contributed by atoms with van der Waals surface area (Å²) >= 11 is 3.21. The molecule has 0 radical (unpaired) electrons. The summed E-state index contributed by atoms with van der Waals surface area (Å²) in [5, 5.41) is 13.1. The van der Waals surface area contributed by atoms with Gasteiger partial charge in [-0.3, -0.25) is 0 Å². The van der Waals surface area contributed by atoms with E-state index in [4.69, 9.17) is 0 Å². The predicted octanol–water partition coefficient (Wildman–Crippen LogP) is 2.62. The third-order valence-electron chi connectivity index (χ3n) is 2.67. The molecule has 0 spiro atoms. The average molecular weight is 297 g/mol. The van der Waals surface area contributed by atoms with Crippen molar-refractivity contribution >= 4 is 45.1 Å². The van der Waals surface area contributed by atoms with Gasteiger partial charge in [0.25, 0.3) is 0 Å². The molecule has 0 aliphatic rings. The minimum Gasteiger partial charge on any atom is -0.480 e. The minimum atomic E-state index is -0.854. The number of hydrogen-bond donors (Lipinski definition) is 2. The van der Waals surface area contributed by atoms with Crippen LogP contribution in [-0.2, 0) is 4.79 Å². The Morgan fingerprint density at radius 3 is 3.05 bits per heavy atom. The number of rotatable bonds is 6. The van der Waals surface area contributed by atoms with Crippen molar-refractivity contribution in [3.05, 3.63) is 17.3 Å². The van der Waals surface area contributed by atoms with Crippen LogP contribution in [0.25, 0.3) is 10.2 Å². The molecule has 2 heterocycles. The molecule has 0 aliphatic carbocycles. The van der Waals surface area contributed by atoms with E-state index < -0.39 is 12.0 Å². The zero-order valence-corrected chi connectivity index (χ0v) is 12.3. The van der Waals surface area contributed by atoms with E-state index in [0.29, 0.717) is 12.2 Å². The second-order valence-corrected chi connectivity index (χ2v) is 6.34. The quantitative estimate of drug-likeness (QED) is 0.853. The van der Waals surface area contributed by atoms with Crippen molar-refractivity contribution in [2.75, 3.05) is 17.3 Å². The van der Waals surface area contributed by atoms with Crippen LogP contribution in [0.2, 0.25) is 0 Å². The summed E-state index contributed by atoms with van der Waals surface area (Å²) in [4.78, 5) is 21.6. The van der Waals surface area contributed by atoms with Crippen LogP contribution in [0.5, 0.6) is 0 Å². The number of thiophene rings is 1. The number of hydrogen-bond acceptors (Lipinski definition) is 6. The number of carboxylic acids is 1. The molecule has 0 amide bonds. The first kappa shape index (κ1) is 14.1. The normalized spacial score (nSPS) is 12.5. The van der Waals surface area contributed by atoms with Gasteiger partial charge in [0, 0.05) is 4.88 Å². The first-order valence-electron chi connectivity index (χ1n) is 5.81. The molecule has 0 aliphatic heterocycles. The number of aromatic nitrogens is 2. The topological polar surface area (TPSA) is 75.1 Å². The van der Waals surface area contributed by atoms with Crippen LogP contribution in [0.4, 0.5) is 5.82 Å². The first-order chi connectivity index (χ1) is 9.11. The molecule has 2 aromatic heterocycles. The highest BCUT2D eigenvalue weighted by atomic mass is 32.2. The molecular formula is C12H15N3O2S2. The molecule has 7 heteroatoms. The van der Waals surface area contributed by atoms with Gasteiger partial charge < -0.3 is 10.4 Å². The Morgan fingerprint density at radius 1 is 1.58 bits per heavy atom. The Hall–Kier alpha value is -1.34. The predicted molar refractivity (Wildman–Crippen MR) is 80.2 cm³/mol. The highest BCUT2D eigenvalue weighted by Crippen LogP contribution is 2.28. The van der Waals surface area contributed by atoms with Crippen LogP contribution < -0.4 is 5.32 Å². The largest absolute Gasteiger partial charge is 0.480 e. The second-order valence-electron chi connectivity index (χ2n) is 4.11. The molecule has 19 heavy (non-hydrogen) atoms. The molecule has 2 aromatic rings. The van der Waals surface area contributed by atoms with E-state index in [-0.39, 0.29) is 0 Å². The Balaban J connectivity index is 2.25. The number of nitrogens with one attached hydrogen (secondary N) is 1. The third kappa shape index (κ3) is 3.36. The maximum atomic E-state index is 11.2. The zero-order chi connectivity index (χ0) is 13.8. The second kappa shape index (κ2) is 6.21. The summed E-state index contributed by atoms with van der Waals surface area (Å²) < 4.78 is 0. The maximum absolute atomic E-state index is 11.2. The number of fused-ring (bicyclic) bond motifs is 1. The number of aryl methyl sites for hydroxylation is 1. The van der Waals surface area contributed by atoms with Gasteiger partial charge in [-0.25, -0.2) is 14.8 Å². The van der Waals surface area contributed by atoms with Gasteiger partial charge >= 0.3 is 5.97 Å². The van der Waals surface area contributed by atoms with Crippen LogP contribution >= 0.6 is 23.1 Å². The average Bonchev–Trinajstić information content (AvgIpc) is 2.75. The van der Waals surface area contributed by atoms with Crippen LogP contribution in [-0.4, -0.2) is 39.1 Å². The minimum absolute atomic E-state index is 0.561. The highest BCUT2D eigenvalue weighted by Gasteiger charge is 2.18. The molecule has 2 rings (SSSR count). The lowest BCUT2D eigenvalue weighted by atomic mass is 10.2. The van der Waals surface area contributed by atoms with Crippen molar-refractivity contribution in [2.24, 2.45) is 0 Å². The number of aliphatic carboxylic acids is 1. The monoisotopic (exact) mass is 297 g/mol. The molecule has 5 nitrogen and oxygen atoms in total. The van der Waals surface area contributed by atoms with Crippen LogP contribution in [0, 0.1) is 6.92 Å². The molecular weight excluding hydrogens is 282 g/mol. The Bertz CT molecular complexity index is 585. The fourth-order valence-corrected chi connectivity index (χ4v) is 3.07. The van der Waals surface area contributed by atoms with Crippen LogP contribution in [0.15, 0.2) is 12.4 Å². The molecule has 0 saturated heterocycles. The van der Waals surface area contributed by atoms with E-state index >= 15 is 0 Å². The van der Waals surface area contributed by atoms with E-state index in [0.717, 1.165) is 20.8 Å². The van der Waals surface area contributed by atoms with Gasteiger partial charge in [0.2, 0.25) is 0 Å². The summed E-state index contributed by atoms with van der Waals surface area (Å²) in [6.07, 6.45) is 3.99. The smallest absolute Gasteiger partial charge is 0.326 e. The fraction of sp³-hybridized carbons (Fsp3) is 0.417. The summed E-state index contributed by atoms with van der Waals surface area (Å²) in [6.45, 7) is 2.00. The van der Waals surface area contributed by atoms with E-state index in [9.17, 15) is 9.90 Å². The number of thioether (sulfide) groups is 1. The summed E-state index contributed by atoms with van der Waals surface area (Å²) in [6, 6.07) is 1.36. The lowest BCUT2D eigenvalue weighted by Crippen LogP contribution is -2.30. The van der Waals surface area contributed by atoms with Crippen molar-refractivity contribution in [2.45, 2.75) is 19.4 Å². The Morgan fingerprint density at radius 2 is 2.37 bits per heavy atom. The Kier molecular flexibility index (Phi) is 4.60. The zero-order valence-electron chi connectivity index (χ0n) is 10.7. The molecule has 0 aromatic carbocycles. The van der Waals surface area contributed by atoms with Crippen LogP contribution in [0.3, 0.4) is 0 Å². The van der Waals surface area contributed by atoms with Gasteiger partial charge in [0.1, 0.15) is 23.0 Å². The molecule has 0 saturated carbocycles. The maximum Gasteiger partial charge on any atom is 0.326 e. The lowest BCUT2D eigenvalue weighted by molar-refractivity contribution is -0.137. The first-order valence-corrected chi connectivity index (χ1v) is 8.02. The van der Waals surface area contributed by atoms with Gasteiger partial charge in [-0.05, 0) is 31.4 Å². The van der Waals surface area contributed by atoms with E-state index in [1.54, 1.807) is 23.1 Å². The van der Waals surface area contributed by atoms with E-state index in [1.807, 2.05) is 19.2 Å². The van der Waals surface area contributed by atoms with Crippen molar-refractivity contribution < 1.29 is 9.90 Å². The Labute approximate surface area is 119 Å². The van der Waals surface area contributed by atoms with E-state index in [1.165, 1.54) is 6.33 Å². The molecule has 0 bridgehead atoms. The lowest BCUT2D eigenvalue weighted by Gasteiger charge is -2.14. The molecule has 2 N–H and O–H groups in total. The molecule has 102 valence electrons. The number of carboxylic acid groups (broad SMARTS) is 1.